The summed E-state index contributed by atoms with van der Waals surface area (Å²) in [6.45, 7) is 0. The Labute approximate surface area is 105 Å². The summed E-state index contributed by atoms with van der Waals surface area (Å²) in [6, 6.07) is 12.9. The van der Waals surface area contributed by atoms with E-state index in [2.05, 4.69) is 4.98 Å². The normalized spacial score (nSPS) is 9.61. The minimum absolute atomic E-state index is 0.514. The molecule has 0 aromatic heterocycles. The van der Waals surface area contributed by atoms with Gasteiger partial charge in [0, 0.05) is 17.7 Å². The second kappa shape index (κ2) is 5.19. The van der Waals surface area contributed by atoms with Crippen LogP contribution in [0.2, 0.25) is 0 Å². The van der Waals surface area contributed by atoms with Gasteiger partial charge in [-0.1, -0.05) is 12.1 Å². The van der Waals surface area contributed by atoms with Gasteiger partial charge in [0.2, 0.25) is 5.39 Å². The number of ether oxygens (including phenoxy) is 2. The molecule has 0 aliphatic carbocycles. The van der Waals surface area contributed by atoms with Crippen molar-refractivity contribution in [1.29, 1.82) is 5.39 Å². The fourth-order valence-corrected chi connectivity index (χ4v) is 1.82. The van der Waals surface area contributed by atoms with Crippen LogP contribution in [0.4, 0.5) is 5.69 Å². The molecule has 0 N–H and O–H groups in total. The number of hydrogen-bond acceptors (Lipinski definition) is 3. The van der Waals surface area contributed by atoms with Gasteiger partial charge in [0.1, 0.15) is 0 Å². The summed E-state index contributed by atoms with van der Waals surface area (Å²) in [7, 11) is 3.22. The Hall–Kier alpha value is -2.54. The molecule has 0 atom stereocenters. The Morgan fingerprint density at radius 2 is 1.67 bits per heavy atom. The fourth-order valence-electron chi connectivity index (χ4n) is 1.82. The summed E-state index contributed by atoms with van der Waals surface area (Å²) in [4.78, 5) is 3.13. The molecule has 0 spiro atoms. The molecule has 0 amide bonds. The van der Waals surface area contributed by atoms with E-state index in [0.29, 0.717) is 17.2 Å². The van der Waals surface area contributed by atoms with E-state index in [9.17, 15) is 0 Å². The average Bonchev–Trinajstić information content (AvgIpc) is 2.46. The van der Waals surface area contributed by atoms with E-state index in [1.165, 1.54) is 0 Å². The molecule has 2 aromatic carbocycles. The molecule has 0 radical (unpaired) electrons. The van der Waals surface area contributed by atoms with E-state index >= 15 is 0 Å². The quantitative estimate of drug-likeness (QED) is 0.766. The Kier molecular flexibility index (Phi) is 3.44. The van der Waals surface area contributed by atoms with E-state index in [1.54, 1.807) is 26.4 Å². The summed E-state index contributed by atoms with van der Waals surface area (Å²) in [5, 5.41) is 8.66. The molecule has 0 saturated carbocycles. The van der Waals surface area contributed by atoms with Crippen LogP contribution in [0.25, 0.3) is 16.1 Å². The van der Waals surface area contributed by atoms with Gasteiger partial charge in [-0.2, -0.15) is 0 Å². The molecule has 0 aliphatic rings. The van der Waals surface area contributed by atoms with E-state index in [4.69, 9.17) is 14.9 Å². The van der Waals surface area contributed by atoms with Crippen LogP contribution < -0.4 is 9.47 Å². The fraction of sp³-hybridized carbons (Fsp3) is 0.143. The largest absolute Gasteiger partial charge is 0.493 e. The molecule has 0 heterocycles. The molecular formula is C14H13N2O2+. The van der Waals surface area contributed by atoms with Gasteiger partial charge in [0.05, 0.1) is 14.2 Å². The number of para-hydroxylation sites is 1. The Morgan fingerprint density at radius 1 is 0.944 bits per heavy atom. The minimum atomic E-state index is 0.514. The van der Waals surface area contributed by atoms with Crippen molar-refractivity contribution in [1.82, 2.24) is 0 Å². The zero-order chi connectivity index (χ0) is 13.0. The van der Waals surface area contributed by atoms with Crippen LogP contribution in [0.1, 0.15) is 0 Å². The van der Waals surface area contributed by atoms with Crippen molar-refractivity contribution in [2.75, 3.05) is 14.2 Å². The molecule has 0 aliphatic heterocycles. The highest BCUT2D eigenvalue weighted by Crippen LogP contribution is 2.38. The SMILES string of the molecule is COc1cccc(-c2ccc([N+]#N)cc2)c1OC. The molecule has 4 heteroatoms. The molecule has 0 bridgehead atoms. The molecule has 2 rings (SSSR count). The summed E-state index contributed by atoms with van der Waals surface area (Å²) in [6.07, 6.45) is 0. The third kappa shape index (κ3) is 2.11. The lowest BCUT2D eigenvalue weighted by Crippen LogP contribution is -1.92. The Balaban J connectivity index is 2.53. The van der Waals surface area contributed by atoms with Gasteiger partial charge >= 0.3 is 5.69 Å². The van der Waals surface area contributed by atoms with E-state index in [-0.39, 0.29) is 0 Å². The predicted octanol–water partition coefficient (Wildman–Crippen LogP) is 3.86. The Bertz CT molecular complexity index is 586. The molecule has 0 saturated heterocycles. The van der Waals surface area contributed by atoms with Crippen molar-refractivity contribution >= 4 is 5.69 Å². The molecule has 0 fully saturated rings. The second-order valence-electron chi connectivity index (χ2n) is 3.69. The standard InChI is InChI=1S/C14H13N2O2/c1-17-13-5-3-4-12(14(13)18-2)10-6-8-11(16-15)9-7-10/h3-9H,1-2H3/q+1. The number of rotatable bonds is 3. The minimum Gasteiger partial charge on any atom is -0.493 e. The monoisotopic (exact) mass is 241 g/mol. The van der Waals surface area contributed by atoms with Gasteiger partial charge in [-0.3, -0.25) is 0 Å². The van der Waals surface area contributed by atoms with Crippen LogP contribution in [-0.2, 0) is 0 Å². The highest BCUT2D eigenvalue weighted by molar-refractivity contribution is 5.75. The van der Waals surface area contributed by atoms with Gasteiger partial charge in [0.15, 0.2) is 16.5 Å². The maximum atomic E-state index is 8.66. The van der Waals surface area contributed by atoms with Crippen LogP contribution in [0, 0.1) is 5.39 Å². The number of benzene rings is 2. The lowest BCUT2D eigenvalue weighted by molar-refractivity contribution is 0.356. The van der Waals surface area contributed by atoms with Gasteiger partial charge < -0.3 is 9.47 Å². The Morgan fingerprint density at radius 3 is 2.22 bits per heavy atom. The number of nitrogens with zero attached hydrogens (tertiary/aromatic N) is 2. The maximum absolute atomic E-state index is 8.66. The van der Waals surface area contributed by atoms with Crippen LogP contribution in [-0.4, -0.2) is 14.2 Å². The van der Waals surface area contributed by atoms with Gasteiger partial charge in [0.25, 0.3) is 0 Å². The van der Waals surface area contributed by atoms with Crippen molar-refractivity contribution in [2.24, 2.45) is 0 Å². The van der Waals surface area contributed by atoms with Crippen LogP contribution in [0.15, 0.2) is 42.5 Å². The van der Waals surface area contributed by atoms with Gasteiger partial charge in [-0.25, -0.2) is 0 Å². The second-order valence-corrected chi connectivity index (χ2v) is 3.69. The van der Waals surface area contributed by atoms with Crippen molar-refractivity contribution < 1.29 is 9.47 Å². The first-order valence-electron chi connectivity index (χ1n) is 5.46. The highest BCUT2D eigenvalue weighted by atomic mass is 16.5. The first kappa shape index (κ1) is 11.9. The highest BCUT2D eigenvalue weighted by Gasteiger charge is 2.12. The molecule has 90 valence electrons. The van der Waals surface area contributed by atoms with Crippen molar-refractivity contribution in [3.8, 4) is 22.6 Å². The van der Waals surface area contributed by atoms with Crippen LogP contribution in [0.5, 0.6) is 11.5 Å². The van der Waals surface area contributed by atoms with E-state index in [1.807, 2.05) is 30.3 Å². The van der Waals surface area contributed by atoms with E-state index < -0.39 is 0 Å². The van der Waals surface area contributed by atoms with Gasteiger partial charge in [-0.05, 0) is 23.8 Å². The number of hydrogen-bond donors (Lipinski definition) is 0. The van der Waals surface area contributed by atoms with Crippen LogP contribution >= 0.6 is 0 Å². The van der Waals surface area contributed by atoms with Gasteiger partial charge in [-0.15, -0.1) is 0 Å². The summed E-state index contributed by atoms with van der Waals surface area (Å²) >= 11 is 0. The van der Waals surface area contributed by atoms with E-state index in [0.717, 1.165) is 11.1 Å². The topological polar surface area (TPSA) is 46.6 Å². The summed E-state index contributed by atoms with van der Waals surface area (Å²) in [5.74, 6) is 1.37. The van der Waals surface area contributed by atoms with Crippen LogP contribution in [0.3, 0.4) is 0 Å². The zero-order valence-corrected chi connectivity index (χ0v) is 10.3. The number of methoxy groups -OCH3 is 2. The van der Waals surface area contributed by atoms with Crippen molar-refractivity contribution in [3.05, 3.63) is 47.4 Å². The molecule has 18 heavy (non-hydrogen) atoms. The summed E-state index contributed by atoms with van der Waals surface area (Å²) < 4.78 is 10.6. The molecule has 2 aromatic rings. The number of diazo groups is 1. The smallest absolute Gasteiger partial charge is 0.385 e. The molecule has 0 unspecified atom stereocenters. The summed E-state index contributed by atoms with van der Waals surface area (Å²) in [5.41, 5.74) is 2.42. The predicted molar refractivity (Wildman–Crippen MR) is 69.7 cm³/mol. The third-order valence-electron chi connectivity index (χ3n) is 2.70. The zero-order valence-electron chi connectivity index (χ0n) is 10.3. The lowest BCUT2D eigenvalue weighted by atomic mass is 10.0. The average molecular weight is 241 g/mol. The maximum Gasteiger partial charge on any atom is 0.385 e. The molecular weight excluding hydrogens is 228 g/mol. The third-order valence-corrected chi connectivity index (χ3v) is 2.70. The van der Waals surface area contributed by atoms with Crippen molar-refractivity contribution in [3.63, 3.8) is 0 Å². The molecule has 4 nitrogen and oxygen atoms in total. The lowest BCUT2D eigenvalue weighted by Gasteiger charge is -2.12. The van der Waals surface area contributed by atoms with Crippen molar-refractivity contribution in [2.45, 2.75) is 0 Å². The first-order chi connectivity index (χ1) is 8.80. The first-order valence-corrected chi connectivity index (χ1v) is 5.46.